The number of para-hydroxylation sites is 1. The second-order valence-corrected chi connectivity index (χ2v) is 6.84. The van der Waals surface area contributed by atoms with Gasteiger partial charge in [-0.2, -0.15) is 0 Å². The lowest BCUT2D eigenvalue weighted by molar-refractivity contribution is -0.113. The van der Waals surface area contributed by atoms with Gasteiger partial charge >= 0.3 is 0 Å². The number of carbonyl (C=O) groups excluding carboxylic acids is 1. The van der Waals surface area contributed by atoms with Crippen molar-refractivity contribution in [1.82, 2.24) is 14.9 Å². The van der Waals surface area contributed by atoms with E-state index in [9.17, 15) is 4.79 Å². The summed E-state index contributed by atoms with van der Waals surface area (Å²) in [6.45, 7) is 1.94. The van der Waals surface area contributed by atoms with Crippen molar-refractivity contribution >= 4 is 23.4 Å². The van der Waals surface area contributed by atoms with Crippen LogP contribution in [0.25, 0.3) is 11.4 Å². The predicted octanol–water partition coefficient (Wildman–Crippen LogP) is 2.72. The van der Waals surface area contributed by atoms with Gasteiger partial charge in [0.25, 0.3) is 0 Å². The van der Waals surface area contributed by atoms with Crippen molar-refractivity contribution in [2.24, 2.45) is 0 Å². The third-order valence-electron chi connectivity index (χ3n) is 4.07. The van der Waals surface area contributed by atoms with Crippen molar-refractivity contribution in [3.05, 3.63) is 48.0 Å². The summed E-state index contributed by atoms with van der Waals surface area (Å²) in [5.41, 5.74) is 2.46. The molecule has 1 heterocycles. The molecule has 0 saturated carbocycles. The molecule has 8 nitrogen and oxygen atoms in total. The number of nitrogen functional groups attached to an aromatic ring is 1. The van der Waals surface area contributed by atoms with Crippen molar-refractivity contribution in [1.29, 1.82) is 0 Å². The summed E-state index contributed by atoms with van der Waals surface area (Å²) in [5.74, 6) is 7.81. The maximum absolute atomic E-state index is 12.2. The number of anilines is 1. The van der Waals surface area contributed by atoms with E-state index in [0.29, 0.717) is 28.0 Å². The van der Waals surface area contributed by atoms with E-state index in [0.717, 1.165) is 11.3 Å². The van der Waals surface area contributed by atoms with Crippen LogP contribution in [0.2, 0.25) is 0 Å². The summed E-state index contributed by atoms with van der Waals surface area (Å²) in [5, 5.41) is 11.5. The molecule has 28 heavy (non-hydrogen) atoms. The molecule has 0 saturated heterocycles. The maximum Gasteiger partial charge on any atom is 0.234 e. The second kappa shape index (κ2) is 8.66. The average Bonchev–Trinajstić information content (AvgIpc) is 3.07. The van der Waals surface area contributed by atoms with Crippen LogP contribution in [0.15, 0.2) is 47.6 Å². The number of hydrogen-bond acceptors (Lipinski definition) is 7. The number of hydrogen-bond donors (Lipinski definition) is 2. The van der Waals surface area contributed by atoms with Crippen LogP contribution in [0.5, 0.6) is 11.5 Å². The van der Waals surface area contributed by atoms with Crippen molar-refractivity contribution in [3.8, 4) is 22.9 Å². The first-order valence-electron chi connectivity index (χ1n) is 8.44. The van der Waals surface area contributed by atoms with Crippen LogP contribution >= 0.6 is 11.8 Å². The van der Waals surface area contributed by atoms with Crippen molar-refractivity contribution < 1.29 is 14.3 Å². The molecule has 9 heteroatoms. The zero-order valence-electron chi connectivity index (χ0n) is 15.8. The Labute approximate surface area is 167 Å². The molecule has 1 amide bonds. The monoisotopic (exact) mass is 399 g/mol. The highest BCUT2D eigenvalue weighted by molar-refractivity contribution is 7.99. The second-order valence-electron chi connectivity index (χ2n) is 5.89. The summed E-state index contributed by atoms with van der Waals surface area (Å²) >= 11 is 1.20. The Kier molecular flexibility index (Phi) is 6.05. The summed E-state index contributed by atoms with van der Waals surface area (Å²) in [6, 6.07) is 12.9. The topological polar surface area (TPSA) is 104 Å². The van der Waals surface area contributed by atoms with E-state index >= 15 is 0 Å². The molecule has 0 atom stereocenters. The molecule has 0 unspecified atom stereocenters. The SMILES string of the molecule is COc1ccc(-c2nnc(SCC(=O)Nc3ccccc3C)n2N)c(OC)c1. The number of carbonyl (C=O) groups is 1. The normalized spacial score (nSPS) is 10.5. The van der Waals surface area contributed by atoms with E-state index in [-0.39, 0.29) is 11.7 Å². The minimum atomic E-state index is -0.147. The largest absolute Gasteiger partial charge is 0.497 e. The van der Waals surface area contributed by atoms with Crippen molar-refractivity contribution in [2.45, 2.75) is 12.1 Å². The number of aromatic nitrogens is 3. The number of nitrogens with zero attached hydrogens (tertiary/aromatic N) is 3. The van der Waals surface area contributed by atoms with Gasteiger partial charge in [-0.1, -0.05) is 30.0 Å². The lowest BCUT2D eigenvalue weighted by Gasteiger charge is -2.10. The molecule has 3 aromatic rings. The van der Waals surface area contributed by atoms with Crippen LogP contribution in [0.4, 0.5) is 5.69 Å². The lowest BCUT2D eigenvalue weighted by Crippen LogP contribution is -2.17. The number of nitrogens with two attached hydrogens (primary N) is 1. The molecular weight excluding hydrogens is 378 g/mol. The summed E-state index contributed by atoms with van der Waals surface area (Å²) < 4.78 is 11.9. The minimum absolute atomic E-state index is 0.147. The predicted molar refractivity (Wildman–Crippen MR) is 109 cm³/mol. The van der Waals surface area contributed by atoms with Crippen LogP contribution in [-0.4, -0.2) is 40.8 Å². The summed E-state index contributed by atoms with van der Waals surface area (Å²) in [7, 11) is 3.14. The number of amides is 1. The number of nitrogens with one attached hydrogen (secondary N) is 1. The molecule has 0 radical (unpaired) electrons. The first-order valence-corrected chi connectivity index (χ1v) is 9.43. The molecule has 2 aromatic carbocycles. The summed E-state index contributed by atoms with van der Waals surface area (Å²) in [4.78, 5) is 12.2. The maximum atomic E-state index is 12.2. The Hall–Kier alpha value is -3.20. The number of ether oxygens (including phenoxy) is 2. The van der Waals surface area contributed by atoms with Crippen LogP contribution in [0.1, 0.15) is 5.56 Å². The highest BCUT2D eigenvalue weighted by atomic mass is 32.2. The van der Waals surface area contributed by atoms with E-state index in [4.69, 9.17) is 15.3 Å². The Morgan fingerprint density at radius 3 is 2.68 bits per heavy atom. The fourth-order valence-corrected chi connectivity index (χ4v) is 3.23. The number of thioether (sulfide) groups is 1. The molecule has 3 N–H and O–H groups in total. The van der Waals surface area contributed by atoms with Gasteiger partial charge in [0.05, 0.1) is 25.5 Å². The van der Waals surface area contributed by atoms with Crippen molar-refractivity contribution in [2.75, 3.05) is 31.1 Å². The van der Waals surface area contributed by atoms with Crippen LogP contribution in [-0.2, 0) is 4.79 Å². The Morgan fingerprint density at radius 2 is 1.96 bits per heavy atom. The number of rotatable bonds is 7. The van der Waals surface area contributed by atoms with Gasteiger partial charge in [0.2, 0.25) is 11.1 Å². The lowest BCUT2D eigenvalue weighted by atomic mass is 10.2. The smallest absolute Gasteiger partial charge is 0.234 e. The van der Waals surface area contributed by atoms with Gasteiger partial charge in [0, 0.05) is 11.8 Å². The zero-order valence-corrected chi connectivity index (χ0v) is 16.6. The molecule has 0 fully saturated rings. The average molecular weight is 399 g/mol. The molecule has 0 spiro atoms. The Balaban J connectivity index is 1.72. The molecule has 1 aromatic heterocycles. The number of methoxy groups -OCH3 is 2. The van der Waals surface area contributed by atoms with Crippen LogP contribution in [0, 0.1) is 6.92 Å². The fourth-order valence-electron chi connectivity index (χ4n) is 2.57. The van der Waals surface area contributed by atoms with Gasteiger partial charge in [0.1, 0.15) is 11.5 Å². The van der Waals surface area contributed by atoms with E-state index in [1.807, 2.05) is 31.2 Å². The first-order chi connectivity index (χ1) is 13.5. The number of aryl methyl sites for hydroxylation is 1. The number of benzene rings is 2. The Bertz CT molecular complexity index is 989. The molecular formula is C19H21N5O3S. The van der Waals surface area contributed by atoms with Gasteiger partial charge in [0.15, 0.2) is 5.82 Å². The van der Waals surface area contributed by atoms with Gasteiger partial charge in [-0.3, -0.25) is 4.79 Å². The minimum Gasteiger partial charge on any atom is -0.497 e. The van der Waals surface area contributed by atoms with E-state index < -0.39 is 0 Å². The van der Waals surface area contributed by atoms with Gasteiger partial charge in [-0.05, 0) is 30.7 Å². The third kappa shape index (κ3) is 4.20. The van der Waals surface area contributed by atoms with Gasteiger partial charge in [-0.25, -0.2) is 4.68 Å². The standard InChI is InChI=1S/C19H21N5O3S/c1-12-6-4-5-7-15(12)21-17(25)11-28-19-23-22-18(24(19)20)14-9-8-13(26-2)10-16(14)27-3/h4-10H,11,20H2,1-3H3,(H,21,25). The van der Waals surface area contributed by atoms with Crippen molar-refractivity contribution in [3.63, 3.8) is 0 Å². The third-order valence-corrected chi connectivity index (χ3v) is 5.01. The van der Waals surface area contributed by atoms with Gasteiger partial charge < -0.3 is 20.6 Å². The first kappa shape index (κ1) is 19.6. The van der Waals surface area contributed by atoms with Crippen LogP contribution < -0.4 is 20.6 Å². The molecule has 0 bridgehead atoms. The van der Waals surface area contributed by atoms with E-state index in [1.54, 1.807) is 32.4 Å². The molecule has 3 rings (SSSR count). The highest BCUT2D eigenvalue weighted by Gasteiger charge is 2.17. The van der Waals surface area contributed by atoms with Crippen LogP contribution in [0.3, 0.4) is 0 Å². The Morgan fingerprint density at radius 1 is 1.18 bits per heavy atom. The molecule has 0 aliphatic carbocycles. The zero-order chi connectivity index (χ0) is 20.1. The fraction of sp³-hybridized carbons (Fsp3) is 0.211. The van der Waals surface area contributed by atoms with Gasteiger partial charge in [-0.15, -0.1) is 10.2 Å². The van der Waals surface area contributed by atoms with E-state index in [1.165, 1.54) is 16.4 Å². The van der Waals surface area contributed by atoms with E-state index in [2.05, 4.69) is 15.5 Å². The quantitative estimate of drug-likeness (QED) is 0.465. The summed E-state index contributed by atoms with van der Waals surface area (Å²) in [6.07, 6.45) is 0. The molecule has 0 aliphatic heterocycles. The molecule has 146 valence electrons. The highest BCUT2D eigenvalue weighted by Crippen LogP contribution is 2.32. The molecule has 0 aliphatic rings.